The van der Waals surface area contributed by atoms with E-state index < -0.39 is 16.5 Å². The van der Waals surface area contributed by atoms with Gasteiger partial charge in [-0.3, -0.25) is 0 Å². The Labute approximate surface area is 137 Å². The summed E-state index contributed by atoms with van der Waals surface area (Å²) in [5.41, 5.74) is 0. The molecule has 0 aliphatic rings. The van der Waals surface area contributed by atoms with Gasteiger partial charge in [0.25, 0.3) is 0 Å². The van der Waals surface area contributed by atoms with Gasteiger partial charge in [-0.1, -0.05) is 86.9 Å². The number of hydrogen-bond donors (Lipinski definition) is 2. The van der Waals surface area contributed by atoms with Gasteiger partial charge >= 0.3 is 0 Å². The standard InChI is InChI=1S/C18H28N2Si2/c1-21(2,17-11-7-5-8-12-17)19-15-16-20-22(3,4)18-13-9-6-10-14-18/h5-14,19-20H,15-16H2,1-4H3. The van der Waals surface area contributed by atoms with Crippen LogP contribution in [-0.2, 0) is 0 Å². The lowest BCUT2D eigenvalue weighted by Gasteiger charge is -2.28. The molecule has 2 aromatic rings. The predicted molar refractivity (Wildman–Crippen MR) is 103 cm³/mol. The van der Waals surface area contributed by atoms with E-state index in [4.69, 9.17) is 0 Å². The fourth-order valence-electron chi connectivity index (χ4n) is 2.66. The van der Waals surface area contributed by atoms with Crippen molar-refractivity contribution in [1.82, 2.24) is 9.96 Å². The lowest BCUT2D eigenvalue weighted by atomic mass is 10.4. The minimum Gasteiger partial charge on any atom is -0.333 e. The van der Waals surface area contributed by atoms with Crippen molar-refractivity contribution in [2.75, 3.05) is 13.1 Å². The highest BCUT2D eigenvalue weighted by molar-refractivity contribution is 6.88. The van der Waals surface area contributed by atoms with Crippen LogP contribution in [0.25, 0.3) is 0 Å². The Bertz CT molecular complexity index is 515. The van der Waals surface area contributed by atoms with Gasteiger partial charge in [-0.05, 0) is 10.4 Å². The van der Waals surface area contributed by atoms with Gasteiger partial charge in [0.15, 0.2) is 16.5 Å². The van der Waals surface area contributed by atoms with E-state index in [1.54, 1.807) is 0 Å². The lowest BCUT2D eigenvalue weighted by molar-refractivity contribution is 0.818. The summed E-state index contributed by atoms with van der Waals surface area (Å²) >= 11 is 0. The normalized spacial score (nSPS) is 12.4. The fourth-order valence-corrected chi connectivity index (χ4v) is 6.62. The molecule has 0 spiro atoms. The van der Waals surface area contributed by atoms with Crippen LogP contribution in [-0.4, -0.2) is 29.6 Å². The van der Waals surface area contributed by atoms with E-state index >= 15 is 0 Å². The molecule has 118 valence electrons. The highest BCUT2D eigenvalue weighted by Crippen LogP contribution is 2.00. The monoisotopic (exact) mass is 328 g/mol. The van der Waals surface area contributed by atoms with Gasteiger partial charge in [0, 0.05) is 13.1 Å². The van der Waals surface area contributed by atoms with Gasteiger partial charge in [-0.2, -0.15) is 0 Å². The van der Waals surface area contributed by atoms with Crippen LogP contribution in [0.3, 0.4) is 0 Å². The molecule has 0 aliphatic carbocycles. The Kier molecular flexibility index (Phi) is 5.75. The molecule has 0 amide bonds. The van der Waals surface area contributed by atoms with Gasteiger partial charge in [-0.15, -0.1) is 0 Å². The highest BCUT2D eigenvalue weighted by Gasteiger charge is 2.24. The van der Waals surface area contributed by atoms with Crippen molar-refractivity contribution >= 4 is 26.8 Å². The van der Waals surface area contributed by atoms with Crippen LogP contribution in [0.1, 0.15) is 0 Å². The van der Waals surface area contributed by atoms with Crippen molar-refractivity contribution in [3.63, 3.8) is 0 Å². The van der Waals surface area contributed by atoms with Gasteiger partial charge in [-0.25, -0.2) is 0 Å². The van der Waals surface area contributed by atoms with Crippen molar-refractivity contribution in [2.45, 2.75) is 26.2 Å². The van der Waals surface area contributed by atoms with E-state index in [1.807, 2.05) is 0 Å². The summed E-state index contributed by atoms with van der Waals surface area (Å²) in [5.74, 6) is 0. The minimum atomic E-state index is -1.53. The van der Waals surface area contributed by atoms with Crippen molar-refractivity contribution in [3.8, 4) is 0 Å². The molecule has 22 heavy (non-hydrogen) atoms. The molecule has 0 saturated carbocycles. The van der Waals surface area contributed by atoms with Crippen LogP contribution in [0.5, 0.6) is 0 Å². The molecule has 0 fully saturated rings. The molecule has 0 bridgehead atoms. The molecule has 2 aromatic carbocycles. The second-order valence-corrected chi connectivity index (χ2v) is 15.2. The summed E-state index contributed by atoms with van der Waals surface area (Å²) in [4.78, 5) is 7.60. The second kappa shape index (κ2) is 7.37. The fraction of sp³-hybridized carbons (Fsp3) is 0.333. The zero-order chi connectivity index (χ0) is 16.1. The first-order chi connectivity index (χ1) is 10.4. The largest absolute Gasteiger partial charge is 0.333 e. The molecule has 0 aromatic heterocycles. The highest BCUT2D eigenvalue weighted by atomic mass is 28.3. The van der Waals surface area contributed by atoms with Crippen LogP contribution in [0.4, 0.5) is 0 Å². The first-order valence-corrected chi connectivity index (χ1v) is 14.0. The third-order valence-electron chi connectivity index (χ3n) is 4.25. The van der Waals surface area contributed by atoms with Crippen LogP contribution in [0.2, 0.25) is 26.2 Å². The van der Waals surface area contributed by atoms with E-state index in [0.717, 1.165) is 13.1 Å². The third-order valence-corrected chi connectivity index (χ3v) is 10.1. The van der Waals surface area contributed by atoms with E-state index in [9.17, 15) is 0 Å². The van der Waals surface area contributed by atoms with Crippen LogP contribution < -0.4 is 20.3 Å². The Balaban J connectivity index is 1.84. The van der Waals surface area contributed by atoms with E-state index in [2.05, 4.69) is 96.8 Å². The molecule has 2 rings (SSSR count). The molecule has 0 atom stereocenters. The summed E-state index contributed by atoms with van der Waals surface area (Å²) in [6.07, 6.45) is 0. The summed E-state index contributed by atoms with van der Waals surface area (Å²) in [7, 11) is -3.06. The van der Waals surface area contributed by atoms with Crippen LogP contribution in [0.15, 0.2) is 60.7 Å². The van der Waals surface area contributed by atoms with Crippen molar-refractivity contribution in [1.29, 1.82) is 0 Å². The molecule has 0 unspecified atom stereocenters. The van der Waals surface area contributed by atoms with Gasteiger partial charge in [0.2, 0.25) is 0 Å². The number of benzene rings is 2. The molecular weight excluding hydrogens is 300 g/mol. The minimum absolute atomic E-state index is 1.03. The van der Waals surface area contributed by atoms with Gasteiger partial charge < -0.3 is 9.96 Å². The van der Waals surface area contributed by atoms with E-state index in [-0.39, 0.29) is 0 Å². The molecule has 4 heteroatoms. The topological polar surface area (TPSA) is 24.1 Å². The Hall–Kier alpha value is -1.21. The summed E-state index contributed by atoms with van der Waals surface area (Å²) < 4.78 is 0. The van der Waals surface area contributed by atoms with E-state index in [1.165, 1.54) is 10.4 Å². The zero-order valence-electron chi connectivity index (χ0n) is 14.2. The lowest BCUT2D eigenvalue weighted by Crippen LogP contribution is -2.60. The van der Waals surface area contributed by atoms with E-state index in [0.29, 0.717) is 0 Å². The maximum atomic E-state index is 3.80. The second-order valence-electron chi connectivity index (χ2n) is 6.84. The van der Waals surface area contributed by atoms with Crippen LogP contribution >= 0.6 is 0 Å². The summed E-state index contributed by atoms with van der Waals surface area (Å²) in [5, 5.41) is 2.93. The van der Waals surface area contributed by atoms with Crippen molar-refractivity contribution in [3.05, 3.63) is 60.7 Å². The van der Waals surface area contributed by atoms with Gasteiger partial charge in [0.05, 0.1) is 0 Å². The molecule has 0 saturated heterocycles. The Morgan fingerprint density at radius 1 is 0.591 bits per heavy atom. The van der Waals surface area contributed by atoms with Crippen LogP contribution in [0, 0.1) is 0 Å². The molecule has 0 heterocycles. The molecular formula is C18H28N2Si2. The van der Waals surface area contributed by atoms with Crippen molar-refractivity contribution < 1.29 is 0 Å². The smallest absolute Gasteiger partial charge is 0.151 e. The molecule has 2 nitrogen and oxygen atoms in total. The molecule has 0 aliphatic heterocycles. The first kappa shape index (κ1) is 17.2. The zero-order valence-corrected chi connectivity index (χ0v) is 16.2. The SMILES string of the molecule is C[Si](C)(NCCN[Si](C)(C)c1ccccc1)c1ccccc1. The number of hydrogen-bond acceptors (Lipinski definition) is 2. The Morgan fingerprint density at radius 3 is 1.23 bits per heavy atom. The van der Waals surface area contributed by atoms with Crippen molar-refractivity contribution in [2.24, 2.45) is 0 Å². The molecule has 0 radical (unpaired) electrons. The third kappa shape index (κ3) is 4.64. The average molecular weight is 329 g/mol. The quantitative estimate of drug-likeness (QED) is 0.602. The first-order valence-electron chi connectivity index (χ1n) is 8.03. The number of rotatable bonds is 7. The molecule has 2 N–H and O–H groups in total. The maximum absolute atomic E-state index is 3.80. The summed E-state index contributed by atoms with van der Waals surface area (Å²) in [6.45, 7) is 11.6. The number of nitrogens with one attached hydrogen (secondary N) is 2. The average Bonchev–Trinajstić information content (AvgIpc) is 2.53. The predicted octanol–water partition coefficient (Wildman–Crippen LogP) is 2.39. The summed E-state index contributed by atoms with van der Waals surface area (Å²) in [6, 6.07) is 21.7. The Morgan fingerprint density at radius 2 is 0.909 bits per heavy atom. The maximum Gasteiger partial charge on any atom is 0.151 e. The van der Waals surface area contributed by atoms with Gasteiger partial charge in [0.1, 0.15) is 0 Å².